The van der Waals surface area contributed by atoms with Crippen LogP contribution in [0.25, 0.3) is 0 Å². The van der Waals surface area contributed by atoms with Gasteiger partial charge in [-0.1, -0.05) is 18.2 Å². The van der Waals surface area contributed by atoms with Gasteiger partial charge in [-0.05, 0) is 68.0 Å². The number of carbonyl (C=O) groups excluding carboxylic acids is 1. The smallest absolute Gasteiger partial charge is 0.224 e. The Labute approximate surface area is 160 Å². The van der Waals surface area contributed by atoms with E-state index < -0.39 is 6.10 Å². The van der Waals surface area contributed by atoms with E-state index in [1.807, 2.05) is 49.4 Å². The van der Waals surface area contributed by atoms with Crippen molar-refractivity contribution >= 4 is 11.6 Å². The summed E-state index contributed by atoms with van der Waals surface area (Å²) in [5.74, 6) is 1.70. The number of hydrogen-bond donors (Lipinski definition) is 2. The van der Waals surface area contributed by atoms with Crippen LogP contribution in [0.2, 0.25) is 0 Å². The standard InChI is InChI=1S/C22H27NO4/c1-16-6-2-3-8-21(16)26-13-5-4-7-18(24)15-27-19-10-11-20-17(14-19)9-12-22(25)23-20/h2-3,6,8,10-11,14,18,24H,4-5,7,9,12-13,15H2,1H3,(H,23,25). The lowest BCUT2D eigenvalue weighted by Crippen LogP contribution is -2.20. The van der Waals surface area contributed by atoms with Crippen molar-refractivity contribution in [1.29, 1.82) is 0 Å². The lowest BCUT2D eigenvalue weighted by atomic mass is 10.0. The van der Waals surface area contributed by atoms with Crippen LogP contribution in [0.5, 0.6) is 11.5 Å². The second-order valence-electron chi connectivity index (χ2n) is 6.94. The predicted octanol–water partition coefficient (Wildman–Crippen LogP) is 3.87. The molecule has 2 aromatic rings. The highest BCUT2D eigenvalue weighted by atomic mass is 16.5. The second kappa shape index (κ2) is 9.42. The molecule has 1 aliphatic heterocycles. The first-order valence-corrected chi connectivity index (χ1v) is 9.54. The van der Waals surface area contributed by atoms with Crippen LogP contribution in [-0.2, 0) is 11.2 Å². The van der Waals surface area contributed by atoms with Crippen LogP contribution in [0, 0.1) is 6.92 Å². The molecule has 2 aromatic carbocycles. The quantitative estimate of drug-likeness (QED) is 0.659. The van der Waals surface area contributed by atoms with Crippen LogP contribution >= 0.6 is 0 Å². The molecule has 0 bridgehead atoms. The third-order valence-electron chi connectivity index (χ3n) is 4.70. The second-order valence-corrected chi connectivity index (χ2v) is 6.94. The van der Waals surface area contributed by atoms with Gasteiger partial charge >= 0.3 is 0 Å². The fraction of sp³-hybridized carbons (Fsp3) is 0.409. The van der Waals surface area contributed by atoms with Crippen LogP contribution in [0.1, 0.15) is 36.8 Å². The fourth-order valence-corrected chi connectivity index (χ4v) is 3.11. The number of hydrogen-bond acceptors (Lipinski definition) is 4. The van der Waals surface area contributed by atoms with Gasteiger partial charge in [0.1, 0.15) is 18.1 Å². The Morgan fingerprint density at radius 1 is 1.11 bits per heavy atom. The number of unbranched alkanes of at least 4 members (excludes halogenated alkanes) is 1. The number of aliphatic hydroxyl groups is 1. The average molecular weight is 369 g/mol. The van der Waals surface area contributed by atoms with Crippen molar-refractivity contribution < 1.29 is 19.4 Å². The summed E-state index contributed by atoms with van der Waals surface area (Å²) in [5.41, 5.74) is 3.07. The average Bonchev–Trinajstić information content (AvgIpc) is 2.67. The van der Waals surface area contributed by atoms with Gasteiger partial charge in [0.25, 0.3) is 0 Å². The number of nitrogens with one attached hydrogen (secondary N) is 1. The number of amides is 1. The molecule has 1 heterocycles. The molecule has 3 rings (SSSR count). The maximum absolute atomic E-state index is 11.4. The topological polar surface area (TPSA) is 67.8 Å². The lowest BCUT2D eigenvalue weighted by molar-refractivity contribution is -0.116. The molecule has 0 aromatic heterocycles. The van der Waals surface area contributed by atoms with Crippen LogP contribution in [-0.4, -0.2) is 30.3 Å². The van der Waals surface area contributed by atoms with Gasteiger partial charge in [-0.25, -0.2) is 0 Å². The van der Waals surface area contributed by atoms with E-state index in [-0.39, 0.29) is 12.5 Å². The number of benzene rings is 2. The van der Waals surface area contributed by atoms with Crippen molar-refractivity contribution in [2.45, 2.75) is 45.1 Å². The van der Waals surface area contributed by atoms with E-state index in [1.165, 1.54) is 0 Å². The third kappa shape index (κ3) is 5.73. The molecule has 0 radical (unpaired) electrons. The molecule has 1 atom stereocenters. The summed E-state index contributed by atoms with van der Waals surface area (Å²) in [6.45, 7) is 2.95. The van der Waals surface area contributed by atoms with Gasteiger partial charge < -0.3 is 19.9 Å². The molecule has 2 N–H and O–H groups in total. The van der Waals surface area contributed by atoms with Crippen molar-refractivity contribution in [1.82, 2.24) is 0 Å². The summed E-state index contributed by atoms with van der Waals surface area (Å²) in [6.07, 6.45) is 3.18. The highest BCUT2D eigenvalue weighted by molar-refractivity contribution is 5.93. The summed E-state index contributed by atoms with van der Waals surface area (Å²) in [6, 6.07) is 13.6. The van der Waals surface area contributed by atoms with Gasteiger partial charge in [-0.2, -0.15) is 0 Å². The number of ether oxygens (including phenoxy) is 2. The maximum Gasteiger partial charge on any atom is 0.224 e. The molecule has 5 nitrogen and oxygen atoms in total. The van der Waals surface area contributed by atoms with E-state index in [0.29, 0.717) is 19.4 Å². The molecule has 5 heteroatoms. The van der Waals surface area contributed by atoms with Crippen LogP contribution in [0.3, 0.4) is 0 Å². The van der Waals surface area contributed by atoms with Gasteiger partial charge in [-0.15, -0.1) is 0 Å². The Bertz CT molecular complexity index is 775. The molecule has 0 saturated heterocycles. The zero-order valence-electron chi connectivity index (χ0n) is 15.7. The minimum absolute atomic E-state index is 0.0537. The maximum atomic E-state index is 11.4. The molecule has 27 heavy (non-hydrogen) atoms. The molecule has 1 amide bonds. The van der Waals surface area contributed by atoms with Crippen LogP contribution in [0.4, 0.5) is 5.69 Å². The number of para-hydroxylation sites is 1. The third-order valence-corrected chi connectivity index (χ3v) is 4.70. The fourth-order valence-electron chi connectivity index (χ4n) is 3.11. The molecule has 0 saturated carbocycles. The SMILES string of the molecule is Cc1ccccc1OCCCCC(O)COc1ccc2c(c1)CCC(=O)N2. The Morgan fingerprint density at radius 3 is 2.81 bits per heavy atom. The van der Waals surface area contributed by atoms with E-state index in [9.17, 15) is 9.90 Å². The highest BCUT2D eigenvalue weighted by Crippen LogP contribution is 2.27. The summed E-state index contributed by atoms with van der Waals surface area (Å²) in [5, 5.41) is 13.0. The summed E-state index contributed by atoms with van der Waals surface area (Å²) < 4.78 is 11.5. The zero-order chi connectivity index (χ0) is 19.1. The van der Waals surface area contributed by atoms with Gasteiger partial charge in [0, 0.05) is 12.1 Å². The van der Waals surface area contributed by atoms with Gasteiger partial charge in [-0.3, -0.25) is 4.79 Å². The molecular weight excluding hydrogens is 342 g/mol. The Balaban J connectivity index is 1.33. The van der Waals surface area contributed by atoms with Gasteiger partial charge in [0.15, 0.2) is 0 Å². The van der Waals surface area contributed by atoms with E-state index in [2.05, 4.69) is 5.32 Å². The first-order chi connectivity index (χ1) is 13.1. The number of carbonyl (C=O) groups is 1. The zero-order valence-corrected chi connectivity index (χ0v) is 15.7. The number of aliphatic hydroxyl groups excluding tert-OH is 1. The minimum Gasteiger partial charge on any atom is -0.493 e. The van der Waals surface area contributed by atoms with E-state index in [4.69, 9.17) is 9.47 Å². The first-order valence-electron chi connectivity index (χ1n) is 9.54. The van der Waals surface area contributed by atoms with Gasteiger partial charge in [0.2, 0.25) is 5.91 Å². The molecule has 0 fully saturated rings. The van der Waals surface area contributed by atoms with Crippen molar-refractivity contribution in [3.8, 4) is 11.5 Å². The number of anilines is 1. The highest BCUT2D eigenvalue weighted by Gasteiger charge is 2.15. The van der Waals surface area contributed by atoms with E-state index >= 15 is 0 Å². The molecule has 144 valence electrons. The molecular formula is C22H27NO4. The molecule has 1 unspecified atom stereocenters. The lowest BCUT2D eigenvalue weighted by Gasteiger charge is -2.18. The first kappa shape index (κ1) is 19.2. The number of fused-ring (bicyclic) bond motifs is 1. The Kier molecular flexibility index (Phi) is 6.71. The summed E-state index contributed by atoms with van der Waals surface area (Å²) >= 11 is 0. The minimum atomic E-state index is -0.501. The Hall–Kier alpha value is -2.53. The van der Waals surface area contributed by atoms with Gasteiger partial charge in [0.05, 0.1) is 12.7 Å². The largest absolute Gasteiger partial charge is 0.493 e. The van der Waals surface area contributed by atoms with Crippen LogP contribution in [0.15, 0.2) is 42.5 Å². The summed E-state index contributed by atoms with van der Waals surface area (Å²) in [7, 11) is 0. The van der Waals surface area contributed by atoms with Crippen molar-refractivity contribution in [3.05, 3.63) is 53.6 Å². The van der Waals surface area contributed by atoms with E-state index in [1.54, 1.807) is 0 Å². The predicted molar refractivity (Wildman–Crippen MR) is 105 cm³/mol. The monoisotopic (exact) mass is 369 g/mol. The normalized spacial score (nSPS) is 14.2. The summed E-state index contributed by atoms with van der Waals surface area (Å²) in [4.78, 5) is 11.4. The van der Waals surface area contributed by atoms with Crippen molar-refractivity contribution in [2.24, 2.45) is 0 Å². The van der Waals surface area contributed by atoms with Crippen LogP contribution < -0.4 is 14.8 Å². The van der Waals surface area contributed by atoms with Crippen molar-refractivity contribution in [3.63, 3.8) is 0 Å². The van der Waals surface area contributed by atoms with Crippen molar-refractivity contribution in [2.75, 3.05) is 18.5 Å². The molecule has 0 aliphatic carbocycles. The Morgan fingerprint density at radius 2 is 1.96 bits per heavy atom. The number of rotatable bonds is 9. The molecule has 1 aliphatic rings. The molecule has 0 spiro atoms. The number of aryl methyl sites for hydroxylation is 2. The van der Waals surface area contributed by atoms with E-state index in [0.717, 1.165) is 47.6 Å².